The van der Waals surface area contributed by atoms with Gasteiger partial charge in [-0.3, -0.25) is 24.5 Å². The summed E-state index contributed by atoms with van der Waals surface area (Å²) in [5.74, 6) is -1.86. The monoisotopic (exact) mass is 269 g/mol. The van der Waals surface area contributed by atoms with E-state index in [-0.39, 0.29) is 13.0 Å². The van der Waals surface area contributed by atoms with Gasteiger partial charge in [0.1, 0.15) is 5.56 Å². The number of carboxylic acid groups (broad SMARTS) is 1. The van der Waals surface area contributed by atoms with Gasteiger partial charge in [0.05, 0.1) is 17.5 Å². The number of nitro groups is 1. The number of carboxylic acids is 1. The number of hydrogen-bond acceptors (Lipinski definition) is 5. The van der Waals surface area contributed by atoms with E-state index in [0.717, 1.165) is 17.2 Å². The largest absolute Gasteiger partial charge is 0.481 e. The molecule has 0 aliphatic carbocycles. The van der Waals surface area contributed by atoms with E-state index in [1.807, 2.05) is 0 Å². The Bertz CT molecular complexity index is 579. The van der Waals surface area contributed by atoms with Crippen molar-refractivity contribution in [3.63, 3.8) is 0 Å². The molecule has 0 aliphatic heterocycles. The quantitative estimate of drug-likeness (QED) is 0.563. The number of aromatic nitrogens is 1. The van der Waals surface area contributed by atoms with E-state index in [1.165, 1.54) is 7.05 Å². The second kappa shape index (κ2) is 5.76. The fourth-order valence-corrected chi connectivity index (χ4v) is 1.31. The van der Waals surface area contributed by atoms with Crippen LogP contribution in [0.1, 0.15) is 16.8 Å². The number of aliphatic carboxylic acids is 1. The van der Waals surface area contributed by atoms with E-state index >= 15 is 0 Å². The van der Waals surface area contributed by atoms with Crippen molar-refractivity contribution in [3.05, 3.63) is 38.3 Å². The fourth-order valence-electron chi connectivity index (χ4n) is 1.31. The summed E-state index contributed by atoms with van der Waals surface area (Å²) < 4.78 is 0. The summed E-state index contributed by atoms with van der Waals surface area (Å²) in [4.78, 5) is 46.6. The number of carbonyl (C=O) groups is 2. The standard InChI is InChI=1S/C10H11N3O6/c1-12(3-2-8(14)15)10(17)7-4-6(13(18)19)5-11-9(7)16/h4-5H,2-3H2,1H3,(H,11,16)(H,14,15). The molecule has 1 aromatic rings. The number of nitrogens with one attached hydrogen (secondary N) is 1. The third kappa shape index (κ3) is 3.63. The van der Waals surface area contributed by atoms with E-state index in [9.17, 15) is 24.5 Å². The molecule has 0 bridgehead atoms. The van der Waals surface area contributed by atoms with Gasteiger partial charge in [-0.15, -0.1) is 0 Å². The summed E-state index contributed by atoms with van der Waals surface area (Å²) in [7, 11) is 1.31. The maximum atomic E-state index is 11.8. The number of amides is 1. The molecule has 9 heteroatoms. The predicted octanol–water partition coefficient (Wildman–Crippen LogP) is -0.170. The van der Waals surface area contributed by atoms with Crippen LogP contribution >= 0.6 is 0 Å². The van der Waals surface area contributed by atoms with Gasteiger partial charge in [-0.05, 0) is 0 Å². The first-order valence-corrected chi connectivity index (χ1v) is 5.17. The predicted molar refractivity (Wildman–Crippen MR) is 62.9 cm³/mol. The molecule has 19 heavy (non-hydrogen) atoms. The van der Waals surface area contributed by atoms with Gasteiger partial charge in [0, 0.05) is 19.7 Å². The molecular formula is C10H11N3O6. The molecule has 1 rings (SSSR count). The SMILES string of the molecule is CN(CCC(=O)O)C(=O)c1cc([N+](=O)[O-])c[nH]c1=O. The third-order valence-corrected chi connectivity index (χ3v) is 2.34. The van der Waals surface area contributed by atoms with Crippen LogP contribution in [-0.2, 0) is 4.79 Å². The first-order chi connectivity index (χ1) is 8.82. The first kappa shape index (κ1) is 14.4. The molecule has 1 aromatic heterocycles. The van der Waals surface area contributed by atoms with Crippen LogP contribution in [0, 0.1) is 10.1 Å². The molecule has 0 spiro atoms. The summed E-state index contributed by atoms with van der Waals surface area (Å²) in [6.45, 7) is -0.101. The molecule has 0 atom stereocenters. The van der Waals surface area contributed by atoms with Gasteiger partial charge in [0.15, 0.2) is 0 Å². The molecule has 0 saturated carbocycles. The van der Waals surface area contributed by atoms with Gasteiger partial charge in [0.25, 0.3) is 17.2 Å². The first-order valence-electron chi connectivity index (χ1n) is 5.17. The van der Waals surface area contributed by atoms with Crippen LogP contribution in [0.3, 0.4) is 0 Å². The van der Waals surface area contributed by atoms with Gasteiger partial charge < -0.3 is 15.0 Å². The summed E-state index contributed by atoms with van der Waals surface area (Å²) in [6, 6.07) is 0.860. The molecule has 0 fully saturated rings. The molecule has 0 radical (unpaired) electrons. The summed E-state index contributed by atoms with van der Waals surface area (Å²) in [5, 5.41) is 19.0. The van der Waals surface area contributed by atoms with Crippen molar-refractivity contribution in [2.75, 3.05) is 13.6 Å². The van der Waals surface area contributed by atoms with E-state index in [1.54, 1.807) is 0 Å². The Morgan fingerprint density at radius 2 is 2.16 bits per heavy atom. The molecule has 0 unspecified atom stereocenters. The van der Waals surface area contributed by atoms with Crippen LogP contribution in [0.5, 0.6) is 0 Å². The Hall–Kier alpha value is -2.71. The Balaban J connectivity index is 2.98. The number of rotatable bonds is 5. The van der Waals surface area contributed by atoms with Crippen LogP contribution in [-0.4, -0.2) is 45.4 Å². The van der Waals surface area contributed by atoms with Crippen LogP contribution < -0.4 is 5.56 Å². The number of aromatic amines is 1. The summed E-state index contributed by atoms with van der Waals surface area (Å²) >= 11 is 0. The van der Waals surface area contributed by atoms with Gasteiger partial charge in [-0.25, -0.2) is 0 Å². The molecule has 1 heterocycles. The van der Waals surface area contributed by atoms with Gasteiger partial charge in [-0.1, -0.05) is 0 Å². The Morgan fingerprint density at radius 1 is 1.53 bits per heavy atom. The zero-order chi connectivity index (χ0) is 14.6. The van der Waals surface area contributed by atoms with E-state index in [4.69, 9.17) is 5.11 Å². The highest BCUT2D eigenvalue weighted by atomic mass is 16.6. The molecular weight excluding hydrogens is 258 g/mol. The molecule has 0 aromatic carbocycles. The molecule has 0 saturated heterocycles. The van der Waals surface area contributed by atoms with E-state index < -0.39 is 33.6 Å². The van der Waals surface area contributed by atoms with E-state index in [0.29, 0.717) is 0 Å². The smallest absolute Gasteiger partial charge is 0.305 e. The number of carbonyl (C=O) groups excluding carboxylic acids is 1. The Kier molecular flexibility index (Phi) is 4.35. The van der Waals surface area contributed by atoms with Crippen LogP contribution in [0.2, 0.25) is 0 Å². The molecule has 0 aliphatic rings. The third-order valence-electron chi connectivity index (χ3n) is 2.34. The number of pyridine rings is 1. The van der Waals surface area contributed by atoms with Crippen molar-refractivity contribution in [2.45, 2.75) is 6.42 Å². The zero-order valence-corrected chi connectivity index (χ0v) is 9.95. The van der Waals surface area contributed by atoms with Crippen LogP contribution in [0.4, 0.5) is 5.69 Å². The fraction of sp³-hybridized carbons (Fsp3) is 0.300. The molecule has 2 N–H and O–H groups in total. The molecule has 9 nitrogen and oxygen atoms in total. The average molecular weight is 269 g/mol. The lowest BCUT2D eigenvalue weighted by atomic mass is 10.2. The van der Waals surface area contributed by atoms with E-state index in [2.05, 4.69) is 4.98 Å². The second-order valence-corrected chi connectivity index (χ2v) is 3.73. The normalized spacial score (nSPS) is 9.95. The highest BCUT2D eigenvalue weighted by Gasteiger charge is 2.19. The highest BCUT2D eigenvalue weighted by molar-refractivity contribution is 5.94. The van der Waals surface area contributed by atoms with Crippen LogP contribution in [0.25, 0.3) is 0 Å². The Morgan fingerprint density at radius 3 is 2.68 bits per heavy atom. The maximum Gasteiger partial charge on any atom is 0.305 e. The summed E-state index contributed by atoms with van der Waals surface area (Å²) in [5.41, 5.74) is -1.59. The van der Waals surface area contributed by atoms with Gasteiger partial charge >= 0.3 is 5.97 Å². The summed E-state index contributed by atoms with van der Waals surface area (Å²) in [6.07, 6.45) is 0.603. The topological polar surface area (TPSA) is 134 Å². The Labute approximate surface area is 106 Å². The van der Waals surface area contributed by atoms with Gasteiger partial charge in [0.2, 0.25) is 0 Å². The van der Waals surface area contributed by atoms with Crippen molar-refractivity contribution in [1.29, 1.82) is 0 Å². The minimum Gasteiger partial charge on any atom is -0.481 e. The zero-order valence-electron chi connectivity index (χ0n) is 9.95. The maximum absolute atomic E-state index is 11.8. The van der Waals surface area contributed by atoms with Gasteiger partial charge in [-0.2, -0.15) is 0 Å². The highest BCUT2D eigenvalue weighted by Crippen LogP contribution is 2.09. The molecule has 102 valence electrons. The van der Waals surface area contributed by atoms with Crippen LogP contribution in [0.15, 0.2) is 17.1 Å². The minimum atomic E-state index is -1.09. The lowest BCUT2D eigenvalue weighted by Crippen LogP contribution is -2.33. The number of hydrogen-bond donors (Lipinski definition) is 2. The second-order valence-electron chi connectivity index (χ2n) is 3.73. The number of nitrogens with zero attached hydrogens (tertiary/aromatic N) is 2. The molecule has 1 amide bonds. The lowest BCUT2D eigenvalue weighted by molar-refractivity contribution is -0.385. The lowest BCUT2D eigenvalue weighted by Gasteiger charge is -2.15. The number of H-pyrrole nitrogens is 1. The van der Waals surface area contributed by atoms with Crippen molar-refractivity contribution in [1.82, 2.24) is 9.88 Å². The van der Waals surface area contributed by atoms with Crippen molar-refractivity contribution in [3.8, 4) is 0 Å². The minimum absolute atomic E-state index is 0.101. The van der Waals surface area contributed by atoms with Crippen molar-refractivity contribution in [2.24, 2.45) is 0 Å². The van der Waals surface area contributed by atoms with Crippen molar-refractivity contribution < 1.29 is 19.6 Å². The van der Waals surface area contributed by atoms with Crippen molar-refractivity contribution >= 4 is 17.6 Å². The average Bonchev–Trinajstić information content (AvgIpc) is 2.35.